The van der Waals surface area contributed by atoms with Crippen LogP contribution in [0.2, 0.25) is 0 Å². The number of nitrogens with two attached hydrogens (primary N) is 1. The van der Waals surface area contributed by atoms with Crippen LogP contribution in [0.25, 0.3) is 10.8 Å². The van der Waals surface area contributed by atoms with Crippen molar-refractivity contribution < 1.29 is 0 Å². The molecule has 0 fully saturated rings. The summed E-state index contributed by atoms with van der Waals surface area (Å²) in [4.78, 5) is 0. The van der Waals surface area contributed by atoms with E-state index in [0.717, 1.165) is 6.42 Å². The number of fused-ring (bicyclic) bond motifs is 1. The van der Waals surface area contributed by atoms with E-state index in [2.05, 4.69) is 66.7 Å². The van der Waals surface area contributed by atoms with Crippen LogP contribution in [0.5, 0.6) is 0 Å². The fourth-order valence-electron chi connectivity index (χ4n) is 2.42. The topological polar surface area (TPSA) is 26.0 Å². The zero-order valence-corrected chi connectivity index (χ0v) is 10.8. The summed E-state index contributed by atoms with van der Waals surface area (Å²) < 4.78 is 0. The summed E-state index contributed by atoms with van der Waals surface area (Å²) in [5, 5.41) is 2.52. The van der Waals surface area contributed by atoms with Crippen molar-refractivity contribution in [3.63, 3.8) is 0 Å². The van der Waals surface area contributed by atoms with Gasteiger partial charge in [0.2, 0.25) is 0 Å². The third kappa shape index (κ3) is 2.67. The van der Waals surface area contributed by atoms with Crippen LogP contribution in [0.1, 0.15) is 17.2 Å². The number of hydrogen-bond donors (Lipinski definition) is 1. The first-order valence-corrected chi connectivity index (χ1v) is 6.61. The minimum Gasteiger partial charge on any atom is -0.324 e. The van der Waals surface area contributed by atoms with E-state index in [1.54, 1.807) is 0 Å². The van der Waals surface area contributed by atoms with Gasteiger partial charge in [-0.15, -0.1) is 0 Å². The van der Waals surface area contributed by atoms with Gasteiger partial charge < -0.3 is 5.73 Å². The van der Waals surface area contributed by atoms with Crippen LogP contribution in [0.15, 0.2) is 72.8 Å². The highest BCUT2D eigenvalue weighted by Gasteiger charge is 2.07. The summed E-state index contributed by atoms with van der Waals surface area (Å²) in [6.45, 7) is 0. The monoisotopic (exact) mass is 247 g/mol. The first kappa shape index (κ1) is 11.9. The fraction of sp³-hybridized carbons (Fsp3) is 0.111. The third-order valence-corrected chi connectivity index (χ3v) is 3.50. The minimum absolute atomic E-state index is 0.0482. The lowest BCUT2D eigenvalue weighted by atomic mass is 9.97. The predicted octanol–water partition coefficient (Wildman–Crippen LogP) is 4.08. The Bertz CT molecular complexity index is 673. The van der Waals surface area contributed by atoms with Crippen LogP contribution < -0.4 is 5.73 Å². The van der Waals surface area contributed by atoms with Crippen molar-refractivity contribution in [3.8, 4) is 0 Å². The van der Waals surface area contributed by atoms with Gasteiger partial charge in [0.25, 0.3) is 0 Å². The van der Waals surface area contributed by atoms with Crippen molar-refractivity contribution >= 4 is 10.8 Å². The molecule has 0 bridgehead atoms. The van der Waals surface area contributed by atoms with E-state index in [4.69, 9.17) is 5.73 Å². The standard InChI is InChI=1S/C18H17N/c19-18(12-14-6-2-1-3-7-14)17-11-10-15-8-4-5-9-16(15)13-17/h1-11,13,18H,12,19H2. The van der Waals surface area contributed by atoms with Crippen molar-refractivity contribution in [2.24, 2.45) is 5.73 Å². The highest BCUT2D eigenvalue weighted by atomic mass is 14.6. The predicted molar refractivity (Wildman–Crippen MR) is 81.0 cm³/mol. The lowest BCUT2D eigenvalue weighted by Crippen LogP contribution is -2.13. The Morgan fingerprint density at radius 1 is 0.737 bits per heavy atom. The molecule has 0 saturated carbocycles. The summed E-state index contributed by atoms with van der Waals surface area (Å²) >= 11 is 0. The Balaban J connectivity index is 1.87. The van der Waals surface area contributed by atoms with Gasteiger partial charge >= 0.3 is 0 Å². The highest BCUT2D eigenvalue weighted by Crippen LogP contribution is 2.21. The van der Waals surface area contributed by atoms with Gasteiger partial charge in [-0.05, 0) is 34.4 Å². The van der Waals surface area contributed by atoms with Crippen LogP contribution in [0.3, 0.4) is 0 Å². The normalized spacial score (nSPS) is 12.5. The van der Waals surface area contributed by atoms with E-state index in [1.807, 2.05) is 6.07 Å². The maximum Gasteiger partial charge on any atom is 0.0335 e. The molecule has 19 heavy (non-hydrogen) atoms. The van der Waals surface area contributed by atoms with Crippen LogP contribution in [0.4, 0.5) is 0 Å². The van der Waals surface area contributed by atoms with Gasteiger partial charge in [0, 0.05) is 6.04 Å². The molecule has 94 valence electrons. The molecule has 2 N–H and O–H groups in total. The van der Waals surface area contributed by atoms with Crippen molar-refractivity contribution in [1.29, 1.82) is 0 Å². The minimum atomic E-state index is 0.0482. The maximum atomic E-state index is 6.32. The van der Waals surface area contributed by atoms with E-state index < -0.39 is 0 Å². The molecule has 1 unspecified atom stereocenters. The lowest BCUT2D eigenvalue weighted by molar-refractivity contribution is 0.723. The zero-order valence-electron chi connectivity index (χ0n) is 10.8. The van der Waals surface area contributed by atoms with Crippen molar-refractivity contribution in [2.45, 2.75) is 12.5 Å². The first-order chi connectivity index (χ1) is 9.33. The van der Waals surface area contributed by atoms with E-state index >= 15 is 0 Å². The second-order valence-corrected chi connectivity index (χ2v) is 4.90. The maximum absolute atomic E-state index is 6.32. The Morgan fingerprint density at radius 3 is 2.21 bits per heavy atom. The van der Waals surface area contributed by atoms with Crippen LogP contribution in [0, 0.1) is 0 Å². The van der Waals surface area contributed by atoms with Gasteiger partial charge in [-0.1, -0.05) is 66.7 Å². The Hall–Kier alpha value is -2.12. The third-order valence-electron chi connectivity index (χ3n) is 3.50. The van der Waals surface area contributed by atoms with Crippen molar-refractivity contribution in [3.05, 3.63) is 83.9 Å². The molecule has 1 atom stereocenters. The molecule has 0 aliphatic rings. The van der Waals surface area contributed by atoms with Crippen LogP contribution in [-0.2, 0) is 6.42 Å². The second-order valence-electron chi connectivity index (χ2n) is 4.90. The molecule has 0 heterocycles. The molecule has 3 aromatic rings. The number of hydrogen-bond acceptors (Lipinski definition) is 1. The van der Waals surface area contributed by atoms with Gasteiger partial charge in [-0.3, -0.25) is 0 Å². The van der Waals surface area contributed by atoms with Gasteiger partial charge in [-0.2, -0.15) is 0 Å². The molecule has 1 nitrogen and oxygen atoms in total. The van der Waals surface area contributed by atoms with E-state index in [-0.39, 0.29) is 6.04 Å². The molecule has 0 spiro atoms. The molecular formula is C18H17N. The molecule has 3 rings (SSSR count). The van der Waals surface area contributed by atoms with Gasteiger partial charge in [-0.25, -0.2) is 0 Å². The van der Waals surface area contributed by atoms with E-state index in [1.165, 1.54) is 21.9 Å². The molecule has 0 aromatic heterocycles. The molecule has 1 heteroatoms. The number of benzene rings is 3. The average Bonchev–Trinajstić information content (AvgIpc) is 2.48. The van der Waals surface area contributed by atoms with Gasteiger partial charge in [0.1, 0.15) is 0 Å². The smallest absolute Gasteiger partial charge is 0.0335 e. The van der Waals surface area contributed by atoms with Crippen LogP contribution >= 0.6 is 0 Å². The molecule has 0 radical (unpaired) electrons. The summed E-state index contributed by atoms with van der Waals surface area (Å²) in [5.74, 6) is 0. The van der Waals surface area contributed by atoms with E-state index in [0.29, 0.717) is 0 Å². The Labute approximate surface area is 113 Å². The fourth-order valence-corrected chi connectivity index (χ4v) is 2.42. The van der Waals surface area contributed by atoms with Crippen LogP contribution in [-0.4, -0.2) is 0 Å². The lowest BCUT2D eigenvalue weighted by Gasteiger charge is -2.13. The Morgan fingerprint density at radius 2 is 1.42 bits per heavy atom. The van der Waals surface area contributed by atoms with Gasteiger partial charge in [0.05, 0.1) is 0 Å². The average molecular weight is 247 g/mol. The summed E-state index contributed by atoms with van der Waals surface area (Å²) in [7, 11) is 0. The summed E-state index contributed by atoms with van der Waals surface area (Å²) in [6.07, 6.45) is 0.874. The highest BCUT2D eigenvalue weighted by molar-refractivity contribution is 5.83. The Kier molecular flexibility index (Phi) is 3.30. The van der Waals surface area contributed by atoms with Crippen molar-refractivity contribution in [1.82, 2.24) is 0 Å². The molecule has 3 aromatic carbocycles. The van der Waals surface area contributed by atoms with Gasteiger partial charge in [0.15, 0.2) is 0 Å². The number of rotatable bonds is 3. The second kappa shape index (κ2) is 5.25. The summed E-state index contributed by atoms with van der Waals surface area (Å²) in [5.41, 5.74) is 8.80. The molecule has 0 amide bonds. The quantitative estimate of drug-likeness (QED) is 0.741. The molecule has 0 aliphatic heterocycles. The largest absolute Gasteiger partial charge is 0.324 e. The summed E-state index contributed by atoms with van der Waals surface area (Å²) in [6, 6.07) is 25.3. The molecule has 0 aliphatic carbocycles. The van der Waals surface area contributed by atoms with E-state index in [9.17, 15) is 0 Å². The molecule has 0 saturated heterocycles. The molecular weight excluding hydrogens is 230 g/mol. The first-order valence-electron chi connectivity index (χ1n) is 6.61. The SMILES string of the molecule is NC(Cc1ccccc1)c1ccc2ccccc2c1. The zero-order chi connectivity index (χ0) is 13.1. The van der Waals surface area contributed by atoms with Crippen molar-refractivity contribution in [2.75, 3.05) is 0 Å².